The number of aliphatic carboxylic acids is 1. The Labute approximate surface area is 158 Å². The van der Waals surface area contributed by atoms with Crippen molar-refractivity contribution in [3.63, 3.8) is 0 Å². The van der Waals surface area contributed by atoms with Crippen LogP contribution in [0.2, 0.25) is 0 Å². The summed E-state index contributed by atoms with van der Waals surface area (Å²) >= 11 is 0. The lowest BCUT2D eigenvalue weighted by Gasteiger charge is -2.28. The van der Waals surface area contributed by atoms with Crippen molar-refractivity contribution < 1.29 is 27.8 Å². The third-order valence-electron chi connectivity index (χ3n) is 5.33. The summed E-state index contributed by atoms with van der Waals surface area (Å²) in [5.41, 5.74) is 0.982. The zero-order chi connectivity index (χ0) is 19.7. The zero-order valence-electron chi connectivity index (χ0n) is 15.6. The molecule has 1 saturated carbocycles. The predicted molar refractivity (Wildman–Crippen MR) is 97.9 cm³/mol. The molecule has 0 radical (unpaired) electrons. The Balaban J connectivity index is 1.60. The molecule has 0 saturated heterocycles. The first kappa shape index (κ1) is 21.6. The van der Waals surface area contributed by atoms with Crippen LogP contribution in [0.25, 0.3) is 0 Å². The highest BCUT2D eigenvalue weighted by atomic mass is 19.4. The molecule has 1 fully saturated rings. The topological polar surface area (TPSA) is 46.5 Å². The van der Waals surface area contributed by atoms with E-state index in [1.54, 1.807) is 0 Å². The van der Waals surface area contributed by atoms with Gasteiger partial charge in [0.2, 0.25) is 0 Å². The molecule has 6 heteroatoms. The standard InChI is InChI=1S/C21H29F3O3/c22-21(23,24)14-2-1-3-16-4-6-18(7-5-16)15-27-19-11-8-17(9-12-19)10-13-20(25)26/h8-9,11-12,16,18H,1-7,10,13-15H2,(H,25,26). The van der Waals surface area contributed by atoms with Gasteiger partial charge >= 0.3 is 12.1 Å². The van der Waals surface area contributed by atoms with Crippen molar-refractivity contribution in [1.82, 2.24) is 0 Å². The average molecular weight is 386 g/mol. The van der Waals surface area contributed by atoms with E-state index in [2.05, 4.69) is 0 Å². The smallest absolute Gasteiger partial charge is 0.389 e. The van der Waals surface area contributed by atoms with Gasteiger partial charge in [0.25, 0.3) is 0 Å². The third kappa shape index (κ3) is 9.16. The predicted octanol–water partition coefficient (Wildman–Crippen LogP) is 6.01. The van der Waals surface area contributed by atoms with Gasteiger partial charge < -0.3 is 9.84 Å². The van der Waals surface area contributed by atoms with Gasteiger partial charge in [0.15, 0.2) is 0 Å². The van der Waals surface area contributed by atoms with E-state index in [1.165, 1.54) is 0 Å². The largest absolute Gasteiger partial charge is 0.493 e. The average Bonchev–Trinajstić information content (AvgIpc) is 2.63. The quantitative estimate of drug-likeness (QED) is 0.501. The monoisotopic (exact) mass is 386 g/mol. The molecule has 0 aromatic heterocycles. The van der Waals surface area contributed by atoms with Crippen LogP contribution in [0.3, 0.4) is 0 Å². The first-order valence-electron chi connectivity index (χ1n) is 9.82. The first-order chi connectivity index (χ1) is 12.8. The van der Waals surface area contributed by atoms with E-state index in [4.69, 9.17) is 9.84 Å². The molecule has 1 aliphatic rings. The van der Waals surface area contributed by atoms with Crippen LogP contribution in [-0.4, -0.2) is 23.9 Å². The third-order valence-corrected chi connectivity index (χ3v) is 5.33. The second-order valence-corrected chi connectivity index (χ2v) is 7.60. The summed E-state index contributed by atoms with van der Waals surface area (Å²) in [5, 5.41) is 8.70. The number of benzene rings is 1. The molecular formula is C21H29F3O3. The Morgan fingerprint density at radius 3 is 2.26 bits per heavy atom. The van der Waals surface area contributed by atoms with Gasteiger partial charge in [-0.05, 0) is 55.2 Å². The van der Waals surface area contributed by atoms with Gasteiger partial charge in [-0.15, -0.1) is 0 Å². The summed E-state index contributed by atoms with van der Waals surface area (Å²) < 4.78 is 42.3. The first-order valence-corrected chi connectivity index (χ1v) is 9.82. The molecule has 0 unspecified atom stereocenters. The van der Waals surface area contributed by atoms with Gasteiger partial charge in [0, 0.05) is 12.8 Å². The van der Waals surface area contributed by atoms with Gasteiger partial charge in [-0.2, -0.15) is 13.2 Å². The van der Waals surface area contributed by atoms with Gasteiger partial charge in [-0.1, -0.05) is 37.8 Å². The van der Waals surface area contributed by atoms with E-state index < -0.39 is 18.6 Å². The minimum absolute atomic E-state index is 0.125. The van der Waals surface area contributed by atoms with Gasteiger partial charge in [0.1, 0.15) is 5.75 Å². The molecule has 1 aromatic rings. The number of ether oxygens (including phenoxy) is 1. The number of carboxylic acid groups (broad SMARTS) is 1. The van der Waals surface area contributed by atoms with E-state index >= 15 is 0 Å². The normalized spacial score (nSPS) is 20.4. The van der Waals surface area contributed by atoms with Crippen LogP contribution in [-0.2, 0) is 11.2 Å². The fourth-order valence-electron chi connectivity index (χ4n) is 3.66. The molecule has 152 valence electrons. The summed E-state index contributed by atoms with van der Waals surface area (Å²) in [5.74, 6) is 1.06. The van der Waals surface area contributed by atoms with Crippen molar-refractivity contribution in [1.29, 1.82) is 0 Å². The molecule has 0 amide bonds. The van der Waals surface area contributed by atoms with Crippen LogP contribution in [0.1, 0.15) is 63.4 Å². The van der Waals surface area contributed by atoms with E-state index in [1.807, 2.05) is 24.3 Å². The molecule has 0 atom stereocenters. The molecule has 1 aliphatic carbocycles. The summed E-state index contributed by atoms with van der Waals surface area (Å²) in [6.07, 6.45) is 2.07. The second-order valence-electron chi connectivity index (χ2n) is 7.60. The van der Waals surface area contributed by atoms with Crippen LogP contribution < -0.4 is 4.74 Å². The number of carbonyl (C=O) groups is 1. The highest BCUT2D eigenvalue weighted by Crippen LogP contribution is 2.33. The van der Waals surface area contributed by atoms with E-state index in [0.717, 1.165) is 43.4 Å². The highest BCUT2D eigenvalue weighted by Gasteiger charge is 2.26. The van der Waals surface area contributed by atoms with Crippen molar-refractivity contribution in [3.05, 3.63) is 29.8 Å². The van der Waals surface area contributed by atoms with Crippen LogP contribution in [0.15, 0.2) is 24.3 Å². The second kappa shape index (κ2) is 10.6. The van der Waals surface area contributed by atoms with Crippen molar-refractivity contribution >= 4 is 5.97 Å². The number of unbranched alkanes of at least 4 members (excludes halogenated alkanes) is 1. The molecule has 2 rings (SSSR count). The number of hydrogen-bond donors (Lipinski definition) is 1. The minimum atomic E-state index is -4.02. The maximum Gasteiger partial charge on any atom is 0.389 e. The summed E-state index contributed by atoms with van der Waals surface area (Å²) in [4.78, 5) is 10.6. The summed E-state index contributed by atoms with van der Waals surface area (Å²) in [6, 6.07) is 7.55. The van der Waals surface area contributed by atoms with E-state index in [-0.39, 0.29) is 12.8 Å². The molecule has 0 aliphatic heterocycles. The molecule has 0 bridgehead atoms. The van der Waals surface area contributed by atoms with Crippen molar-refractivity contribution in [3.8, 4) is 5.75 Å². The molecule has 3 nitrogen and oxygen atoms in total. The Kier molecular flexibility index (Phi) is 8.45. The van der Waals surface area contributed by atoms with Crippen LogP contribution in [0, 0.1) is 11.8 Å². The number of halogens is 3. The lowest BCUT2D eigenvalue weighted by molar-refractivity contribution is -0.137. The van der Waals surface area contributed by atoms with Crippen molar-refractivity contribution in [2.75, 3.05) is 6.61 Å². The van der Waals surface area contributed by atoms with E-state index in [9.17, 15) is 18.0 Å². The molecule has 0 spiro atoms. The SMILES string of the molecule is O=C(O)CCc1ccc(OCC2CCC(CCCCC(F)(F)F)CC2)cc1. The Hall–Kier alpha value is -1.72. The summed E-state index contributed by atoms with van der Waals surface area (Å²) in [7, 11) is 0. The Morgan fingerprint density at radius 1 is 1.04 bits per heavy atom. The maximum atomic E-state index is 12.2. The maximum absolute atomic E-state index is 12.2. The van der Waals surface area contributed by atoms with Crippen LogP contribution in [0.4, 0.5) is 13.2 Å². The Morgan fingerprint density at radius 2 is 1.67 bits per heavy atom. The Bertz CT molecular complexity index is 561. The number of rotatable bonds is 10. The van der Waals surface area contributed by atoms with Gasteiger partial charge in [-0.3, -0.25) is 4.79 Å². The fourth-order valence-corrected chi connectivity index (χ4v) is 3.66. The lowest BCUT2D eigenvalue weighted by Crippen LogP contribution is -2.20. The van der Waals surface area contributed by atoms with Gasteiger partial charge in [0.05, 0.1) is 6.61 Å². The number of alkyl halides is 3. The molecule has 1 N–H and O–H groups in total. The molecule has 27 heavy (non-hydrogen) atoms. The number of hydrogen-bond acceptors (Lipinski definition) is 2. The van der Waals surface area contributed by atoms with Gasteiger partial charge in [-0.25, -0.2) is 0 Å². The lowest BCUT2D eigenvalue weighted by atomic mass is 9.80. The molecule has 0 heterocycles. The fraction of sp³-hybridized carbons (Fsp3) is 0.667. The zero-order valence-corrected chi connectivity index (χ0v) is 15.6. The van der Waals surface area contributed by atoms with Crippen molar-refractivity contribution in [2.24, 2.45) is 11.8 Å². The minimum Gasteiger partial charge on any atom is -0.493 e. The highest BCUT2D eigenvalue weighted by molar-refractivity contribution is 5.67. The van der Waals surface area contributed by atoms with E-state index in [0.29, 0.717) is 31.3 Å². The van der Waals surface area contributed by atoms with Crippen LogP contribution >= 0.6 is 0 Å². The summed E-state index contributed by atoms with van der Waals surface area (Å²) in [6.45, 7) is 0.662. The molecular weight excluding hydrogens is 357 g/mol. The van der Waals surface area contributed by atoms with Crippen molar-refractivity contribution in [2.45, 2.75) is 70.4 Å². The number of carboxylic acids is 1. The molecule has 1 aromatic carbocycles. The number of aryl methyl sites for hydroxylation is 1. The van der Waals surface area contributed by atoms with Crippen LogP contribution in [0.5, 0.6) is 5.75 Å².